The van der Waals surface area contributed by atoms with E-state index in [1.54, 1.807) is 6.20 Å². The maximum absolute atomic E-state index is 12.3. The minimum absolute atomic E-state index is 0.210. The number of nitrogens with zero attached hydrogens (tertiary/aromatic N) is 1. The van der Waals surface area contributed by atoms with Crippen molar-refractivity contribution in [1.29, 1.82) is 0 Å². The van der Waals surface area contributed by atoms with E-state index in [2.05, 4.69) is 15.3 Å². The van der Waals surface area contributed by atoms with Crippen LogP contribution in [-0.2, 0) is 6.61 Å². The van der Waals surface area contributed by atoms with Crippen LogP contribution in [0.5, 0.6) is 5.75 Å². The summed E-state index contributed by atoms with van der Waals surface area (Å²) >= 11 is 1.38. The number of carbonyl (C=O) groups excluding carboxylic acids is 1. The Bertz CT molecular complexity index is 994. The van der Waals surface area contributed by atoms with Crippen LogP contribution in [0, 0.1) is 0 Å². The highest BCUT2D eigenvalue weighted by Crippen LogP contribution is 2.23. The first-order valence-electron chi connectivity index (χ1n) is 7.78. The van der Waals surface area contributed by atoms with E-state index in [-0.39, 0.29) is 5.91 Å². The van der Waals surface area contributed by atoms with Gasteiger partial charge in [-0.2, -0.15) is 0 Å². The number of benzene rings is 2. The maximum atomic E-state index is 12.3. The van der Waals surface area contributed by atoms with E-state index in [4.69, 9.17) is 4.74 Å². The van der Waals surface area contributed by atoms with Gasteiger partial charge in [0.05, 0.1) is 0 Å². The summed E-state index contributed by atoms with van der Waals surface area (Å²) in [7, 11) is 0. The van der Waals surface area contributed by atoms with Crippen LogP contribution in [0.4, 0.5) is 5.13 Å². The lowest BCUT2D eigenvalue weighted by atomic mass is 10.2. The summed E-state index contributed by atoms with van der Waals surface area (Å²) in [6.45, 7) is 0.504. The molecule has 0 aliphatic carbocycles. The van der Waals surface area contributed by atoms with Crippen molar-refractivity contribution in [2.45, 2.75) is 6.61 Å². The van der Waals surface area contributed by atoms with Crippen LogP contribution in [0.3, 0.4) is 0 Å². The van der Waals surface area contributed by atoms with Crippen molar-refractivity contribution in [3.8, 4) is 5.75 Å². The summed E-state index contributed by atoms with van der Waals surface area (Å²) < 4.78 is 5.83. The van der Waals surface area contributed by atoms with Gasteiger partial charge in [-0.25, -0.2) is 4.98 Å². The highest BCUT2D eigenvalue weighted by atomic mass is 32.1. The number of aromatic nitrogens is 2. The van der Waals surface area contributed by atoms with E-state index < -0.39 is 0 Å². The van der Waals surface area contributed by atoms with E-state index in [1.165, 1.54) is 11.3 Å². The topological polar surface area (TPSA) is 67.0 Å². The lowest BCUT2D eigenvalue weighted by Gasteiger charge is -2.06. The maximum Gasteiger partial charge on any atom is 0.273 e. The third-order valence-corrected chi connectivity index (χ3v) is 4.43. The first kappa shape index (κ1) is 15.4. The summed E-state index contributed by atoms with van der Waals surface area (Å²) in [6.07, 6.45) is 1.65. The van der Waals surface area contributed by atoms with Gasteiger partial charge in [0.1, 0.15) is 18.1 Å². The number of nitrogens with one attached hydrogen (secondary N) is 2. The first-order chi connectivity index (χ1) is 12.3. The number of anilines is 1. The predicted octanol–water partition coefficient (Wildman–Crippen LogP) is 4.46. The summed E-state index contributed by atoms with van der Waals surface area (Å²) in [5, 5.41) is 6.12. The highest BCUT2D eigenvalue weighted by molar-refractivity contribution is 7.13. The molecule has 0 aliphatic rings. The van der Waals surface area contributed by atoms with Gasteiger partial charge in [-0.05, 0) is 23.8 Å². The molecular formula is C19H15N3O2S. The molecule has 2 aromatic heterocycles. The number of thiazole rings is 1. The van der Waals surface area contributed by atoms with Crippen LogP contribution >= 0.6 is 11.3 Å². The number of H-pyrrole nitrogens is 1. The van der Waals surface area contributed by atoms with Crippen molar-refractivity contribution in [1.82, 2.24) is 9.97 Å². The lowest BCUT2D eigenvalue weighted by Crippen LogP contribution is -2.11. The van der Waals surface area contributed by atoms with Gasteiger partial charge in [0, 0.05) is 28.5 Å². The fourth-order valence-corrected chi connectivity index (χ4v) is 3.03. The molecule has 0 saturated heterocycles. The highest BCUT2D eigenvalue weighted by Gasteiger charge is 2.11. The van der Waals surface area contributed by atoms with E-state index in [1.807, 2.05) is 60.0 Å². The quantitative estimate of drug-likeness (QED) is 0.559. The number of hydrogen-bond donors (Lipinski definition) is 2. The fourth-order valence-electron chi connectivity index (χ4n) is 2.51. The van der Waals surface area contributed by atoms with Gasteiger partial charge in [0.15, 0.2) is 5.13 Å². The molecule has 5 nitrogen and oxygen atoms in total. The van der Waals surface area contributed by atoms with E-state index in [0.29, 0.717) is 17.4 Å². The van der Waals surface area contributed by atoms with Crippen LogP contribution in [0.1, 0.15) is 16.1 Å². The molecule has 4 aromatic rings. The van der Waals surface area contributed by atoms with E-state index in [0.717, 1.165) is 22.2 Å². The molecule has 124 valence electrons. The lowest BCUT2D eigenvalue weighted by molar-refractivity contribution is 0.102. The largest absolute Gasteiger partial charge is 0.489 e. The number of amides is 1. The molecule has 25 heavy (non-hydrogen) atoms. The fraction of sp³-hybridized carbons (Fsp3) is 0.0526. The van der Waals surface area contributed by atoms with Gasteiger partial charge in [-0.1, -0.05) is 30.3 Å². The number of rotatable bonds is 5. The molecule has 2 N–H and O–H groups in total. The molecule has 0 atom stereocenters. The van der Waals surface area contributed by atoms with Crippen molar-refractivity contribution in [3.63, 3.8) is 0 Å². The van der Waals surface area contributed by atoms with Crippen molar-refractivity contribution >= 4 is 33.3 Å². The molecule has 0 saturated carbocycles. The zero-order chi connectivity index (χ0) is 17.1. The summed E-state index contributed by atoms with van der Waals surface area (Å²) in [6, 6.07) is 17.6. The summed E-state index contributed by atoms with van der Waals surface area (Å²) in [5.41, 5.74) is 2.46. The van der Waals surface area contributed by atoms with Crippen LogP contribution in [0.25, 0.3) is 10.9 Å². The Kier molecular flexibility index (Phi) is 4.18. The third kappa shape index (κ3) is 3.54. The molecule has 1 amide bonds. The van der Waals surface area contributed by atoms with Gasteiger partial charge in [-0.15, -0.1) is 11.3 Å². The average Bonchev–Trinajstić information content (AvgIpc) is 3.29. The SMILES string of the molecule is O=C(Nc1nccs1)c1cc2ccc(OCc3ccccc3)cc2[nH]1. The summed E-state index contributed by atoms with van der Waals surface area (Å²) in [4.78, 5) is 19.5. The zero-order valence-corrected chi connectivity index (χ0v) is 14.0. The van der Waals surface area contributed by atoms with Gasteiger partial charge < -0.3 is 9.72 Å². The Balaban J connectivity index is 1.50. The molecule has 4 rings (SSSR count). The molecule has 2 aromatic carbocycles. The minimum Gasteiger partial charge on any atom is -0.489 e. The number of hydrogen-bond acceptors (Lipinski definition) is 4. The second kappa shape index (κ2) is 6.78. The smallest absolute Gasteiger partial charge is 0.273 e. The van der Waals surface area contributed by atoms with Crippen molar-refractivity contribution in [3.05, 3.63) is 77.4 Å². The average molecular weight is 349 g/mol. The third-order valence-electron chi connectivity index (χ3n) is 3.74. The predicted molar refractivity (Wildman–Crippen MR) is 99.1 cm³/mol. The second-order valence-corrected chi connectivity index (χ2v) is 6.39. The standard InChI is InChI=1S/C19H15N3O2S/c23-18(22-19-20-8-9-25-19)17-10-14-6-7-15(11-16(14)21-17)24-12-13-4-2-1-3-5-13/h1-11,21H,12H2,(H,20,22,23). The van der Waals surface area contributed by atoms with Crippen molar-refractivity contribution in [2.24, 2.45) is 0 Å². The number of ether oxygens (including phenoxy) is 1. The van der Waals surface area contributed by atoms with Gasteiger partial charge in [0.25, 0.3) is 5.91 Å². The normalized spacial score (nSPS) is 10.7. The minimum atomic E-state index is -0.210. The van der Waals surface area contributed by atoms with Gasteiger partial charge >= 0.3 is 0 Å². The number of fused-ring (bicyclic) bond motifs is 1. The van der Waals surface area contributed by atoms with E-state index in [9.17, 15) is 4.79 Å². The number of aromatic amines is 1. The molecule has 0 bridgehead atoms. The molecular weight excluding hydrogens is 334 g/mol. The van der Waals surface area contributed by atoms with Crippen LogP contribution in [0.2, 0.25) is 0 Å². The molecule has 6 heteroatoms. The van der Waals surface area contributed by atoms with Crippen LogP contribution in [-0.4, -0.2) is 15.9 Å². The Hall–Kier alpha value is -3.12. The molecule has 0 unspecified atom stereocenters. The molecule has 2 heterocycles. The number of carbonyl (C=O) groups is 1. The van der Waals surface area contributed by atoms with Crippen LogP contribution in [0.15, 0.2) is 66.2 Å². The Labute approximate surface area is 148 Å². The molecule has 0 radical (unpaired) electrons. The monoisotopic (exact) mass is 349 g/mol. The summed E-state index contributed by atoms with van der Waals surface area (Å²) in [5.74, 6) is 0.544. The zero-order valence-electron chi connectivity index (χ0n) is 13.2. The Morgan fingerprint density at radius 2 is 2.04 bits per heavy atom. The van der Waals surface area contributed by atoms with Crippen LogP contribution < -0.4 is 10.1 Å². The molecule has 0 spiro atoms. The molecule has 0 aliphatic heterocycles. The van der Waals surface area contributed by atoms with Crippen molar-refractivity contribution in [2.75, 3.05) is 5.32 Å². The van der Waals surface area contributed by atoms with E-state index >= 15 is 0 Å². The van der Waals surface area contributed by atoms with Crippen molar-refractivity contribution < 1.29 is 9.53 Å². The van der Waals surface area contributed by atoms with Gasteiger partial charge in [0.2, 0.25) is 0 Å². The Morgan fingerprint density at radius 3 is 2.84 bits per heavy atom. The van der Waals surface area contributed by atoms with Gasteiger partial charge in [-0.3, -0.25) is 10.1 Å². The Morgan fingerprint density at radius 1 is 1.16 bits per heavy atom. The first-order valence-corrected chi connectivity index (χ1v) is 8.66. The molecule has 0 fully saturated rings. The second-order valence-electron chi connectivity index (χ2n) is 5.50.